The minimum Gasteiger partial charge on any atom is -0.376 e. The molecule has 2 aromatic heterocycles. The third kappa shape index (κ3) is 4.23. The maximum atomic E-state index is 12.3. The van der Waals surface area contributed by atoms with Crippen molar-refractivity contribution in [3.8, 4) is 0 Å². The van der Waals surface area contributed by atoms with E-state index >= 15 is 0 Å². The predicted molar refractivity (Wildman–Crippen MR) is 108 cm³/mol. The average Bonchev–Trinajstić information content (AvgIpc) is 3.36. The van der Waals surface area contributed by atoms with Gasteiger partial charge in [0.05, 0.1) is 23.0 Å². The van der Waals surface area contributed by atoms with Crippen molar-refractivity contribution in [2.45, 2.75) is 31.9 Å². The molecule has 146 valence electrons. The van der Waals surface area contributed by atoms with E-state index in [1.165, 1.54) is 0 Å². The summed E-state index contributed by atoms with van der Waals surface area (Å²) in [5.74, 6) is 1.20. The molecule has 4 rings (SSSR count). The van der Waals surface area contributed by atoms with Crippen LogP contribution in [0.5, 0.6) is 0 Å². The number of hydrogen-bond acceptors (Lipinski definition) is 5. The summed E-state index contributed by atoms with van der Waals surface area (Å²) in [5.41, 5.74) is 1.84. The summed E-state index contributed by atoms with van der Waals surface area (Å²) in [4.78, 5) is 16.6. The van der Waals surface area contributed by atoms with Crippen LogP contribution in [0, 0.1) is 0 Å². The number of carbonyl (C=O) groups excluding carboxylic acids is 1. The van der Waals surface area contributed by atoms with Gasteiger partial charge in [-0.15, -0.1) is 0 Å². The molecule has 2 unspecified atom stereocenters. The zero-order valence-corrected chi connectivity index (χ0v) is 15.7. The van der Waals surface area contributed by atoms with Gasteiger partial charge in [-0.2, -0.15) is 5.10 Å². The molecule has 28 heavy (non-hydrogen) atoms. The number of aromatic nitrogens is 3. The summed E-state index contributed by atoms with van der Waals surface area (Å²) in [5, 5.41) is 17.1. The topological polar surface area (TPSA) is 104 Å². The van der Waals surface area contributed by atoms with Gasteiger partial charge in [-0.05, 0) is 25.3 Å². The Balaban J connectivity index is 1.37. The van der Waals surface area contributed by atoms with Gasteiger partial charge in [0.1, 0.15) is 5.82 Å². The Morgan fingerprint density at radius 3 is 3.00 bits per heavy atom. The molecule has 8 nitrogen and oxygen atoms in total. The number of hydrogen-bond donors (Lipinski definition) is 4. The number of benzene rings is 1. The second kappa shape index (κ2) is 8.26. The molecular weight excluding hydrogens is 356 g/mol. The molecule has 1 aromatic carbocycles. The molecule has 1 fully saturated rings. The van der Waals surface area contributed by atoms with Gasteiger partial charge in [0.15, 0.2) is 5.82 Å². The van der Waals surface area contributed by atoms with E-state index in [9.17, 15) is 4.79 Å². The summed E-state index contributed by atoms with van der Waals surface area (Å²) in [6, 6.07) is 11.2. The van der Waals surface area contributed by atoms with Crippen molar-refractivity contribution in [2.24, 2.45) is 0 Å². The van der Waals surface area contributed by atoms with E-state index in [2.05, 4.69) is 31.1 Å². The SMILES string of the molecule is CC(NC(=O)Nc1cc2[nH]nc(NCC3CCCO3)c2cn1)c1ccccc1. The summed E-state index contributed by atoms with van der Waals surface area (Å²) in [6.45, 7) is 3.49. The Morgan fingerprint density at radius 1 is 1.36 bits per heavy atom. The Morgan fingerprint density at radius 2 is 2.21 bits per heavy atom. The van der Waals surface area contributed by atoms with Gasteiger partial charge in [-0.3, -0.25) is 10.4 Å². The summed E-state index contributed by atoms with van der Waals surface area (Å²) in [6.07, 6.45) is 4.11. The second-order valence-electron chi connectivity index (χ2n) is 6.93. The number of nitrogens with zero attached hydrogens (tertiary/aromatic N) is 2. The van der Waals surface area contributed by atoms with Crippen molar-refractivity contribution < 1.29 is 9.53 Å². The van der Waals surface area contributed by atoms with Crippen LogP contribution in [0.1, 0.15) is 31.4 Å². The number of urea groups is 1. The summed E-state index contributed by atoms with van der Waals surface area (Å²) in [7, 11) is 0. The molecule has 0 spiro atoms. The van der Waals surface area contributed by atoms with Crippen LogP contribution < -0.4 is 16.0 Å². The molecule has 8 heteroatoms. The van der Waals surface area contributed by atoms with Gasteiger partial charge in [0, 0.05) is 25.4 Å². The van der Waals surface area contributed by atoms with Crippen LogP contribution in [0.4, 0.5) is 16.4 Å². The van der Waals surface area contributed by atoms with Gasteiger partial charge >= 0.3 is 6.03 Å². The first-order chi connectivity index (χ1) is 13.7. The van der Waals surface area contributed by atoms with E-state index < -0.39 is 0 Å². The highest BCUT2D eigenvalue weighted by Gasteiger charge is 2.16. The Labute approximate surface area is 163 Å². The molecule has 0 bridgehead atoms. The second-order valence-corrected chi connectivity index (χ2v) is 6.93. The van der Waals surface area contributed by atoms with Gasteiger partial charge < -0.3 is 15.4 Å². The molecule has 1 saturated heterocycles. The standard InChI is InChI=1S/C20H24N6O2/c1-13(14-6-3-2-4-7-14)23-20(27)24-18-10-17-16(12-21-18)19(26-25-17)22-11-15-8-5-9-28-15/h2-4,6-7,10,12-13,15H,5,8-9,11H2,1H3,(H2,22,25,26)(H2,21,23,24,27). The van der Waals surface area contributed by atoms with Gasteiger partial charge in [-0.1, -0.05) is 30.3 Å². The largest absolute Gasteiger partial charge is 0.376 e. The number of anilines is 2. The minimum atomic E-state index is -0.306. The molecule has 0 aliphatic carbocycles. The Bertz CT molecular complexity index is 936. The number of ether oxygens (including phenoxy) is 1. The Hall–Kier alpha value is -3.13. The highest BCUT2D eigenvalue weighted by molar-refractivity contribution is 5.94. The van der Waals surface area contributed by atoms with Gasteiger partial charge in [0.2, 0.25) is 0 Å². The molecule has 0 radical (unpaired) electrons. The number of nitrogens with one attached hydrogen (secondary N) is 4. The number of carbonyl (C=O) groups is 1. The predicted octanol–water partition coefficient (Wildman–Crippen LogP) is 3.43. The summed E-state index contributed by atoms with van der Waals surface area (Å²) < 4.78 is 5.62. The highest BCUT2D eigenvalue weighted by Crippen LogP contribution is 2.22. The van der Waals surface area contributed by atoms with Crippen LogP contribution in [0.2, 0.25) is 0 Å². The van der Waals surface area contributed by atoms with Crippen molar-refractivity contribution in [1.29, 1.82) is 0 Å². The van der Waals surface area contributed by atoms with E-state index in [1.807, 2.05) is 37.3 Å². The first-order valence-electron chi connectivity index (χ1n) is 9.51. The van der Waals surface area contributed by atoms with E-state index in [0.717, 1.165) is 48.3 Å². The number of pyridine rings is 1. The fraction of sp³-hybridized carbons (Fsp3) is 0.350. The van der Waals surface area contributed by atoms with E-state index in [0.29, 0.717) is 5.82 Å². The van der Waals surface area contributed by atoms with Gasteiger partial charge in [-0.25, -0.2) is 9.78 Å². The molecule has 4 N–H and O–H groups in total. The van der Waals surface area contributed by atoms with E-state index in [4.69, 9.17) is 4.74 Å². The Kier molecular flexibility index (Phi) is 5.38. The normalized spacial score (nSPS) is 17.4. The molecule has 2 atom stereocenters. The van der Waals surface area contributed by atoms with Crippen LogP contribution in [0.3, 0.4) is 0 Å². The van der Waals surface area contributed by atoms with E-state index in [-0.39, 0.29) is 18.2 Å². The van der Waals surface area contributed by atoms with Crippen molar-refractivity contribution >= 4 is 28.6 Å². The third-order valence-electron chi connectivity index (χ3n) is 4.86. The first-order valence-corrected chi connectivity index (χ1v) is 9.51. The molecule has 1 aliphatic rings. The fourth-order valence-electron chi connectivity index (χ4n) is 3.31. The average molecular weight is 380 g/mol. The van der Waals surface area contributed by atoms with Crippen LogP contribution >= 0.6 is 0 Å². The maximum absolute atomic E-state index is 12.3. The van der Waals surface area contributed by atoms with Crippen molar-refractivity contribution in [1.82, 2.24) is 20.5 Å². The maximum Gasteiger partial charge on any atom is 0.320 e. The fourth-order valence-corrected chi connectivity index (χ4v) is 3.31. The van der Waals surface area contributed by atoms with Crippen LogP contribution in [-0.4, -0.2) is 40.5 Å². The molecular formula is C20H24N6O2. The van der Waals surface area contributed by atoms with Crippen molar-refractivity contribution in [3.63, 3.8) is 0 Å². The van der Waals surface area contributed by atoms with Crippen LogP contribution in [0.25, 0.3) is 10.9 Å². The first kappa shape index (κ1) is 18.2. The lowest BCUT2D eigenvalue weighted by Gasteiger charge is -2.14. The third-order valence-corrected chi connectivity index (χ3v) is 4.86. The zero-order valence-electron chi connectivity index (χ0n) is 15.7. The summed E-state index contributed by atoms with van der Waals surface area (Å²) >= 11 is 0. The number of fused-ring (bicyclic) bond motifs is 1. The lowest BCUT2D eigenvalue weighted by molar-refractivity contribution is 0.120. The van der Waals surface area contributed by atoms with Crippen molar-refractivity contribution in [3.05, 3.63) is 48.2 Å². The zero-order chi connectivity index (χ0) is 19.3. The van der Waals surface area contributed by atoms with E-state index in [1.54, 1.807) is 12.3 Å². The number of rotatable bonds is 6. The lowest BCUT2D eigenvalue weighted by atomic mass is 10.1. The highest BCUT2D eigenvalue weighted by atomic mass is 16.5. The molecule has 1 aliphatic heterocycles. The quantitative estimate of drug-likeness (QED) is 0.524. The molecule has 3 heterocycles. The van der Waals surface area contributed by atoms with Crippen LogP contribution in [0.15, 0.2) is 42.6 Å². The number of amides is 2. The molecule has 3 aromatic rings. The monoisotopic (exact) mass is 380 g/mol. The lowest BCUT2D eigenvalue weighted by Crippen LogP contribution is -2.31. The van der Waals surface area contributed by atoms with Crippen LogP contribution in [-0.2, 0) is 4.74 Å². The minimum absolute atomic E-state index is 0.106. The smallest absolute Gasteiger partial charge is 0.320 e. The van der Waals surface area contributed by atoms with Gasteiger partial charge in [0.25, 0.3) is 0 Å². The molecule has 0 saturated carbocycles. The molecule has 2 amide bonds. The van der Waals surface area contributed by atoms with Crippen molar-refractivity contribution in [2.75, 3.05) is 23.8 Å². The number of aromatic amines is 1. The number of H-pyrrole nitrogens is 1.